The summed E-state index contributed by atoms with van der Waals surface area (Å²) in [5, 5.41) is 0. The highest BCUT2D eigenvalue weighted by atomic mass is 35.5. The Hall–Kier alpha value is -0.0900. The minimum atomic E-state index is 0.178. The molecule has 16 heavy (non-hydrogen) atoms. The number of nitrogens with two attached hydrogens (primary N) is 1. The number of thiophene rings is 1. The number of nitrogens with zero attached hydrogens (tertiary/aromatic N) is 1. The molecule has 92 valence electrons. The maximum Gasteiger partial charge on any atom is 0.0931 e. The first-order valence-corrected chi connectivity index (χ1v) is 6.83. The highest BCUT2D eigenvalue weighted by molar-refractivity contribution is 7.16. The first-order valence-electron chi connectivity index (χ1n) is 5.63. The summed E-state index contributed by atoms with van der Waals surface area (Å²) in [4.78, 5) is 3.73. The van der Waals surface area contributed by atoms with E-state index in [9.17, 15) is 0 Å². The molecule has 2 N–H and O–H groups in total. The Balaban J connectivity index is 2.55. The third kappa shape index (κ3) is 4.42. The van der Waals surface area contributed by atoms with Crippen molar-refractivity contribution in [2.24, 2.45) is 11.1 Å². The predicted molar refractivity (Wildman–Crippen MR) is 73.1 cm³/mol. The summed E-state index contributed by atoms with van der Waals surface area (Å²) in [5.41, 5.74) is 5.94. The normalized spacial score (nSPS) is 12.4. The van der Waals surface area contributed by atoms with Gasteiger partial charge in [-0.25, -0.2) is 0 Å². The maximum absolute atomic E-state index is 5.93. The van der Waals surface area contributed by atoms with Gasteiger partial charge in [-0.15, -0.1) is 11.3 Å². The number of hydrogen-bond donors (Lipinski definition) is 1. The minimum Gasteiger partial charge on any atom is -0.330 e. The summed E-state index contributed by atoms with van der Waals surface area (Å²) >= 11 is 7.58. The van der Waals surface area contributed by atoms with Crippen LogP contribution in [-0.4, -0.2) is 24.5 Å². The molecule has 0 radical (unpaired) electrons. The topological polar surface area (TPSA) is 29.3 Å². The lowest BCUT2D eigenvalue weighted by Crippen LogP contribution is -2.38. The van der Waals surface area contributed by atoms with Gasteiger partial charge in [0.1, 0.15) is 0 Å². The van der Waals surface area contributed by atoms with Crippen molar-refractivity contribution in [3.63, 3.8) is 0 Å². The van der Waals surface area contributed by atoms with Crippen molar-refractivity contribution < 1.29 is 0 Å². The molecule has 0 aliphatic carbocycles. The average Bonchev–Trinajstić information content (AvgIpc) is 2.63. The molecule has 0 aliphatic rings. The zero-order valence-electron chi connectivity index (χ0n) is 10.3. The van der Waals surface area contributed by atoms with E-state index in [-0.39, 0.29) is 5.41 Å². The highest BCUT2D eigenvalue weighted by Gasteiger charge is 2.19. The van der Waals surface area contributed by atoms with Crippen molar-refractivity contribution in [2.75, 3.05) is 19.6 Å². The van der Waals surface area contributed by atoms with Crippen LogP contribution < -0.4 is 5.73 Å². The molecular formula is C12H21ClN2S. The van der Waals surface area contributed by atoms with Gasteiger partial charge in [-0.1, -0.05) is 32.4 Å². The molecule has 1 aromatic heterocycles. The van der Waals surface area contributed by atoms with E-state index in [4.69, 9.17) is 17.3 Å². The molecule has 1 heterocycles. The third-order valence-electron chi connectivity index (χ3n) is 2.66. The van der Waals surface area contributed by atoms with Crippen LogP contribution in [0.5, 0.6) is 0 Å². The lowest BCUT2D eigenvalue weighted by atomic mass is 9.93. The summed E-state index contributed by atoms with van der Waals surface area (Å²) in [6.07, 6.45) is 0. The van der Waals surface area contributed by atoms with Crippen LogP contribution in [0.2, 0.25) is 4.34 Å². The van der Waals surface area contributed by atoms with Crippen molar-refractivity contribution in [3.8, 4) is 0 Å². The van der Waals surface area contributed by atoms with E-state index in [0.717, 1.165) is 24.0 Å². The standard InChI is InChI=1S/C12H21ClN2S/c1-4-15(9-12(2,3)8-14)7-10-5-6-11(13)16-10/h5-6H,4,7-9,14H2,1-3H3. The lowest BCUT2D eigenvalue weighted by molar-refractivity contribution is 0.185. The Bertz CT molecular complexity index is 323. The van der Waals surface area contributed by atoms with E-state index in [1.165, 1.54) is 4.88 Å². The number of halogens is 1. The van der Waals surface area contributed by atoms with Crippen molar-refractivity contribution in [2.45, 2.75) is 27.3 Å². The molecule has 0 saturated heterocycles. The molecule has 1 rings (SSSR count). The monoisotopic (exact) mass is 260 g/mol. The first kappa shape index (κ1) is 14.0. The van der Waals surface area contributed by atoms with Crippen LogP contribution >= 0.6 is 22.9 Å². The second-order valence-corrected chi connectivity index (χ2v) is 6.68. The van der Waals surface area contributed by atoms with Crippen LogP contribution in [0.25, 0.3) is 0 Å². The van der Waals surface area contributed by atoms with E-state index in [1.807, 2.05) is 6.07 Å². The third-order valence-corrected chi connectivity index (χ3v) is 3.88. The Kier molecular flexibility index (Phi) is 5.25. The van der Waals surface area contributed by atoms with Gasteiger partial charge < -0.3 is 5.73 Å². The van der Waals surface area contributed by atoms with Crippen molar-refractivity contribution in [3.05, 3.63) is 21.3 Å². The lowest BCUT2D eigenvalue weighted by Gasteiger charge is -2.30. The molecule has 1 aromatic rings. The minimum absolute atomic E-state index is 0.178. The molecule has 0 aromatic carbocycles. The molecule has 0 aliphatic heterocycles. The molecule has 0 fully saturated rings. The second-order valence-electron chi connectivity index (χ2n) is 4.88. The molecule has 0 amide bonds. The zero-order valence-corrected chi connectivity index (χ0v) is 11.9. The van der Waals surface area contributed by atoms with Crippen LogP contribution in [0.3, 0.4) is 0 Å². The van der Waals surface area contributed by atoms with Crippen LogP contribution in [-0.2, 0) is 6.54 Å². The molecule has 0 bridgehead atoms. The van der Waals surface area contributed by atoms with Gasteiger partial charge in [0.25, 0.3) is 0 Å². The number of hydrogen-bond acceptors (Lipinski definition) is 3. The SMILES string of the molecule is CCN(Cc1ccc(Cl)s1)CC(C)(C)CN. The fourth-order valence-electron chi connectivity index (χ4n) is 1.61. The van der Waals surface area contributed by atoms with Gasteiger partial charge in [0.2, 0.25) is 0 Å². The van der Waals surface area contributed by atoms with Gasteiger partial charge in [-0.05, 0) is 30.6 Å². The first-order chi connectivity index (χ1) is 7.46. The maximum atomic E-state index is 5.93. The quantitative estimate of drug-likeness (QED) is 0.851. The number of rotatable bonds is 6. The molecule has 4 heteroatoms. The van der Waals surface area contributed by atoms with Crippen molar-refractivity contribution in [1.29, 1.82) is 0 Å². The molecule has 2 nitrogen and oxygen atoms in total. The Morgan fingerprint density at radius 2 is 2.12 bits per heavy atom. The average molecular weight is 261 g/mol. The Morgan fingerprint density at radius 3 is 2.56 bits per heavy atom. The molecule has 0 unspecified atom stereocenters. The van der Waals surface area contributed by atoms with E-state index in [1.54, 1.807) is 11.3 Å². The van der Waals surface area contributed by atoms with Gasteiger partial charge in [0.05, 0.1) is 4.34 Å². The van der Waals surface area contributed by atoms with Gasteiger partial charge in [0, 0.05) is 18.0 Å². The zero-order chi connectivity index (χ0) is 12.2. The van der Waals surface area contributed by atoms with Gasteiger partial charge in [0.15, 0.2) is 0 Å². The summed E-state index contributed by atoms with van der Waals surface area (Å²) in [5.74, 6) is 0. The second kappa shape index (κ2) is 6.01. The fraction of sp³-hybridized carbons (Fsp3) is 0.667. The van der Waals surface area contributed by atoms with Gasteiger partial charge >= 0.3 is 0 Å². The van der Waals surface area contributed by atoms with Crippen LogP contribution in [0.15, 0.2) is 12.1 Å². The van der Waals surface area contributed by atoms with E-state index >= 15 is 0 Å². The largest absolute Gasteiger partial charge is 0.330 e. The van der Waals surface area contributed by atoms with E-state index in [0.29, 0.717) is 6.54 Å². The summed E-state index contributed by atoms with van der Waals surface area (Å²) in [6, 6.07) is 4.06. The van der Waals surface area contributed by atoms with Gasteiger partial charge in [-0.2, -0.15) is 0 Å². The fourth-order valence-corrected chi connectivity index (χ4v) is 2.74. The van der Waals surface area contributed by atoms with Crippen molar-refractivity contribution >= 4 is 22.9 Å². The molecule has 0 saturated carbocycles. The predicted octanol–water partition coefficient (Wildman–Crippen LogP) is 3.21. The van der Waals surface area contributed by atoms with Crippen LogP contribution in [0.4, 0.5) is 0 Å². The van der Waals surface area contributed by atoms with Crippen LogP contribution in [0.1, 0.15) is 25.6 Å². The smallest absolute Gasteiger partial charge is 0.0931 e. The summed E-state index contributed by atoms with van der Waals surface area (Å²) < 4.78 is 0.865. The van der Waals surface area contributed by atoms with E-state index < -0.39 is 0 Å². The summed E-state index contributed by atoms with van der Waals surface area (Å²) in [7, 11) is 0. The van der Waals surface area contributed by atoms with E-state index in [2.05, 4.69) is 31.7 Å². The Labute approximate surface area is 107 Å². The van der Waals surface area contributed by atoms with Crippen molar-refractivity contribution in [1.82, 2.24) is 4.90 Å². The molecule has 0 spiro atoms. The summed E-state index contributed by atoms with van der Waals surface area (Å²) in [6.45, 7) is 10.3. The molecule has 0 atom stereocenters. The van der Waals surface area contributed by atoms with Crippen LogP contribution in [0, 0.1) is 5.41 Å². The highest BCUT2D eigenvalue weighted by Crippen LogP contribution is 2.24. The van der Waals surface area contributed by atoms with Gasteiger partial charge in [-0.3, -0.25) is 4.90 Å². The Morgan fingerprint density at radius 1 is 1.44 bits per heavy atom. The molecular weight excluding hydrogens is 240 g/mol.